The second-order valence-electron chi connectivity index (χ2n) is 8.75. The Labute approximate surface area is 201 Å². The topological polar surface area (TPSA) is 104 Å². The summed E-state index contributed by atoms with van der Waals surface area (Å²) < 4.78 is 54.9. The lowest BCUT2D eigenvalue weighted by molar-refractivity contribution is -0.206. The molecule has 1 aliphatic carbocycles. The number of hydrogen-bond acceptors (Lipinski definition) is 6. The molecule has 4 heterocycles. The van der Waals surface area contributed by atoms with E-state index in [9.17, 15) is 22.7 Å². The SMILES string of the molecule is O[C@H](c1cnn2c(NC3CCc4[nH]c5ccccc5c4C3)nc(-c3cncc(F)c3)nc12)C(F)(F)F. The molecule has 6 rings (SSSR count). The van der Waals surface area contributed by atoms with E-state index in [-0.39, 0.29) is 29.0 Å². The number of aliphatic hydroxyl groups is 1. The van der Waals surface area contributed by atoms with Gasteiger partial charge < -0.3 is 15.4 Å². The predicted octanol–water partition coefficient (Wildman–Crippen LogP) is 4.37. The molecule has 1 unspecified atom stereocenters. The van der Waals surface area contributed by atoms with Gasteiger partial charge in [-0.3, -0.25) is 4.98 Å². The average Bonchev–Trinajstić information content (AvgIpc) is 3.44. The van der Waals surface area contributed by atoms with Crippen molar-refractivity contribution in [2.75, 3.05) is 5.32 Å². The summed E-state index contributed by atoms with van der Waals surface area (Å²) in [5.74, 6) is -0.557. The molecule has 0 fully saturated rings. The third kappa shape index (κ3) is 3.83. The van der Waals surface area contributed by atoms with E-state index in [1.807, 2.05) is 24.3 Å². The number of halogens is 4. The molecular weight excluding hydrogens is 478 g/mol. The van der Waals surface area contributed by atoms with Crippen molar-refractivity contribution < 1.29 is 22.7 Å². The molecule has 5 aromatic rings. The highest BCUT2D eigenvalue weighted by atomic mass is 19.4. The molecule has 12 heteroatoms. The lowest BCUT2D eigenvalue weighted by Crippen LogP contribution is -2.29. The molecule has 184 valence electrons. The van der Waals surface area contributed by atoms with E-state index in [4.69, 9.17) is 0 Å². The van der Waals surface area contributed by atoms with Gasteiger partial charge in [0.1, 0.15) is 5.82 Å². The molecule has 1 aliphatic rings. The maximum atomic E-state index is 13.8. The van der Waals surface area contributed by atoms with Crippen LogP contribution in [-0.2, 0) is 12.8 Å². The van der Waals surface area contributed by atoms with Crippen LogP contribution >= 0.6 is 0 Å². The Bertz CT molecular complexity index is 1590. The van der Waals surface area contributed by atoms with Crippen LogP contribution in [0, 0.1) is 5.82 Å². The van der Waals surface area contributed by atoms with Crippen molar-refractivity contribution in [2.45, 2.75) is 37.6 Å². The first-order chi connectivity index (χ1) is 17.3. The molecule has 8 nitrogen and oxygen atoms in total. The lowest BCUT2D eigenvalue weighted by Gasteiger charge is -2.24. The number of H-pyrrole nitrogens is 1. The Kier molecular flexibility index (Phi) is 5.14. The minimum Gasteiger partial charge on any atom is -0.379 e. The van der Waals surface area contributed by atoms with Crippen LogP contribution in [0.1, 0.15) is 29.3 Å². The van der Waals surface area contributed by atoms with Crippen LogP contribution in [0.5, 0.6) is 0 Å². The van der Waals surface area contributed by atoms with Gasteiger partial charge in [0.15, 0.2) is 17.6 Å². The maximum Gasteiger partial charge on any atom is 0.418 e. The van der Waals surface area contributed by atoms with E-state index >= 15 is 0 Å². The number of nitrogens with zero attached hydrogens (tertiary/aromatic N) is 5. The maximum absolute atomic E-state index is 13.8. The van der Waals surface area contributed by atoms with Gasteiger partial charge in [-0.15, -0.1) is 0 Å². The molecule has 2 atom stereocenters. The zero-order valence-electron chi connectivity index (χ0n) is 18.6. The van der Waals surface area contributed by atoms with Gasteiger partial charge in [0, 0.05) is 34.4 Å². The van der Waals surface area contributed by atoms with E-state index in [1.165, 1.54) is 11.8 Å². The fraction of sp³-hybridized carbons (Fsp3) is 0.250. The fourth-order valence-corrected chi connectivity index (χ4v) is 4.70. The summed E-state index contributed by atoms with van der Waals surface area (Å²) >= 11 is 0. The molecule has 0 amide bonds. The normalized spacial score (nSPS) is 16.9. The number of aromatic amines is 1. The Morgan fingerprint density at radius 1 is 1.14 bits per heavy atom. The molecule has 36 heavy (non-hydrogen) atoms. The second-order valence-corrected chi connectivity index (χ2v) is 8.75. The minimum atomic E-state index is -4.92. The molecule has 0 spiro atoms. The number of anilines is 1. The zero-order valence-corrected chi connectivity index (χ0v) is 18.6. The number of aliphatic hydroxyl groups excluding tert-OH is 1. The van der Waals surface area contributed by atoms with E-state index in [1.54, 1.807) is 0 Å². The Balaban J connectivity index is 1.43. The highest BCUT2D eigenvalue weighted by Crippen LogP contribution is 2.35. The number of hydrogen-bond donors (Lipinski definition) is 3. The number of fused-ring (bicyclic) bond motifs is 4. The van der Waals surface area contributed by atoms with Crippen LogP contribution in [0.25, 0.3) is 27.9 Å². The van der Waals surface area contributed by atoms with Crippen molar-refractivity contribution in [1.82, 2.24) is 29.5 Å². The summed E-state index contributed by atoms with van der Waals surface area (Å²) in [5.41, 5.74) is 2.79. The van der Waals surface area contributed by atoms with Crippen molar-refractivity contribution in [2.24, 2.45) is 0 Å². The third-order valence-corrected chi connectivity index (χ3v) is 6.39. The molecule has 0 saturated carbocycles. The monoisotopic (exact) mass is 497 g/mol. The van der Waals surface area contributed by atoms with Crippen LogP contribution < -0.4 is 5.32 Å². The first kappa shape index (κ1) is 22.4. The summed E-state index contributed by atoms with van der Waals surface area (Å²) in [5, 5.41) is 18.4. The Morgan fingerprint density at radius 2 is 1.97 bits per heavy atom. The molecule has 0 aliphatic heterocycles. The third-order valence-electron chi connectivity index (χ3n) is 6.39. The highest BCUT2D eigenvalue weighted by Gasteiger charge is 2.41. The zero-order chi connectivity index (χ0) is 25.0. The molecule has 1 aromatic carbocycles. The standard InChI is InChI=1S/C24H19F4N7O/c25-13-7-12(9-29-10-13)21-33-22-17(20(36)24(26,27)28)11-30-35(22)23(34-21)31-14-5-6-19-16(8-14)15-3-1-2-4-18(15)32-19/h1-4,7,9-11,14,20,32,36H,5-6,8H2,(H,31,33,34)/t14?,20-/m1/s1. The summed E-state index contributed by atoms with van der Waals surface area (Å²) in [7, 11) is 0. The summed E-state index contributed by atoms with van der Waals surface area (Å²) in [6.07, 6.45) is -2.32. The van der Waals surface area contributed by atoms with Gasteiger partial charge in [0.05, 0.1) is 18.0 Å². The van der Waals surface area contributed by atoms with Crippen LogP contribution in [0.3, 0.4) is 0 Å². The lowest BCUT2D eigenvalue weighted by atomic mass is 9.91. The van der Waals surface area contributed by atoms with Gasteiger partial charge in [-0.2, -0.15) is 27.8 Å². The smallest absolute Gasteiger partial charge is 0.379 e. The van der Waals surface area contributed by atoms with Gasteiger partial charge in [-0.1, -0.05) is 18.2 Å². The van der Waals surface area contributed by atoms with Crippen molar-refractivity contribution in [1.29, 1.82) is 0 Å². The number of nitrogens with one attached hydrogen (secondary N) is 2. The highest BCUT2D eigenvalue weighted by molar-refractivity contribution is 5.85. The minimum absolute atomic E-state index is 0.0447. The van der Waals surface area contributed by atoms with Crippen LogP contribution in [0.2, 0.25) is 0 Å². The quantitative estimate of drug-likeness (QED) is 0.319. The molecule has 0 radical (unpaired) electrons. The number of aryl methyl sites for hydroxylation is 1. The van der Waals surface area contributed by atoms with E-state index in [0.29, 0.717) is 6.42 Å². The van der Waals surface area contributed by atoms with Gasteiger partial charge in [0.2, 0.25) is 5.95 Å². The van der Waals surface area contributed by atoms with Gasteiger partial charge >= 0.3 is 6.18 Å². The molecular formula is C24H19F4N7O. The average molecular weight is 497 g/mol. The largest absolute Gasteiger partial charge is 0.418 e. The van der Waals surface area contributed by atoms with Crippen LogP contribution in [-0.4, -0.2) is 46.9 Å². The summed E-state index contributed by atoms with van der Waals surface area (Å²) in [4.78, 5) is 15.9. The number of pyridine rings is 1. The van der Waals surface area contributed by atoms with Gasteiger partial charge in [-0.25, -0.2) is 9.37 Å². The van der Waals surface area contributed by atoms with Crippen molar-refractivity contribution in [3.8, 4) is 11.4 Å². The Morgan fingerprint density at radius 3 is 2.78 bits per heavy atom. The molecule has 4 aromatic heterocycles. The number of rotatable bonds is 4. The van der Waals surface area contributed by atoms with E-state index in [2.05, 4.69) is 30.4 Å². The number of para-hydroxylation sites is 1. The number of benzene rings is 1. The van der Waals surface area contributed by atoms with Gasteiger partial charge in [-0.05, 0) is 37.0 Å². The predicted molar refractivity (Wildman–Crippen MR) is 123 cm³/mol. The molecule has 0 saturated heterocycles. The van der Waals surface area contributed by atoms with E-state index in [0.717, 1.165) is 52.4 Å². The Hall–Kier alpha value is -4.06. The van der Waals surface area contributed by atoms with Crippen LogP contribution in [0.4, 0.5) is 23.5 Å². The van der Waals surface area contributed by atoms with E-state index < -0.39 is 23.7 Å². The molecule has 3 N–H and O–H groups in total. The van der Waals surface area contributed by atoms with Crippen molar-refractivity contribution >= 4 is 22.5 Å². The fourth-order valence-electron chi connectivity index (χ4n) is 4.70. The second kappa shape index (κ2) is 8.26. The summed E-state index contributed by atoms with van der Waals surface area (Å²) in [6.45, 7) is 0. The van der Waals surface area contributed by atoms with Crippen molar-refractivity contribution in [3.05, 3.63) is 71.6 Å². The van der Waals surface area contributed by atoms with Crippen molar-refractivity contribution in [3.63, 3.8) is 0 Å². The molecule has 0 bridgehead atoms. The summed E-state index contributed by atoms with van der Waals surface area (Å²) in [6, 6.07) is 9.03. The first-order valence-electron chi connectivity index (χ1n) is 11.2. The van der Waals surface area contributed by atoms with Gasteiger partial charge in [0.25, 0.3) is 0 Å². The number of alkyl halides is 3. The number of aromatic nitrogens is 6. The van der Waals surface area contributed by atoms with Crippen LogP contribution in [0.15, 0.2) is 48.9 Å². The first-order valence-corrected chi connectivity index (χ1v) is 11.2.